The molecular weight excluding hydrogens is 408 g/mol. The van der Waals surface area contributed by atoms with Crippen molar-refractivity contribution in [3.05, 3.63) is 59.7 Å². The molecular formula is C24H30N4O4. The van der Waals surface area contributed by atoms with E-state index in [2.05, 4.69) is 15.5 Å². The topological polar surface area (TPSA) is 102 Å². The number of likely N-dealkylation sites (N-methyl/N-ethyl adjacent to an activating group) is 1. The average molecular weight is 439 g/mol. The van der Waals surface area contributed by atoms with E-state index in [1.807, 2.05) is 18.0 Å². The first-order valence-electron chi connectivity index (χ1n) is 10.7. The summed E-state index contributed by atoms with van der Waals surface area (Å²) in [5, 5.41) is 15.2. The lowest BCUT2D eigenvalue weighted by Gasteiger charge is -2.33. The van der Waals surface area contributed by atoms with Gasteiger partial charge in [-0.15, -0.1) is 0 Å². The van der Waals surface area contributed by atoms with Gasteiger partial charge in [-0.05, 0) is 50.2 Å². The first-order chi connectivity index (χ1) is 15.4. The summed E-state index contributed by atoms with van der Waals surface area (Å²) in [6.45, 7) is 4.67. The third-order valence-corrected chi connectivity index (χ3v) is 5.60. The number of benzene rings is 2. The zero-order valence-corrected chi connectivity index (χ0v) is 18.5. The van der Waals surface area contributed by atoms with Crippen molar-refractivity contribution < 1.29 is 19.5 Å². The number of hydrogen-bond donors (Lipinski definition) is 3. The summed E-state index contributed by atoms with van der Waals surface area (Å²) in [5.74, 6) is -0.266. The fourth-order valence-electron chi connectivity index (χ4n) is 3.60. The highest BCUT2D eigenvalue weighted by Gasteiger charge is 2.24. The number of rotatable bonds is 8. The Hall–Kier alpha value is -3.39. The van der Waals surface area contributed by atoms with Gasteiger partial charge in [0, 0.05) is 31.9 Å². The van der Waals surface area contributed by atoms with Crippen molar-refractivity contribution in [1.29, 1.82) is 0 Å². The molecule has 0 saturated carbocycles. The highest BCUT2D eigenvalue weighted by Crippen LogP contribution is 2.19. The van der Waals surface area contributed by atoms with E-state index in [1.165, 1.54) is 12.1 Å². The number of carbonyl (C=O) groups excluding carboxylic acids is 3. The molecule has 0 radical (unpaired) electrons. The number of nitrogens with zero attached hydrogens (tertiary/aromatic N) is 2. The first kappa shape index (κ1) is 23.3. The summed E-state index contributed by atoms with van der Waals surface area (Å²) in [4.78, 5) is 41.2. The molecule has 2 amide bonds. The molecule has 0 aliphatic carbocycles. The molecule has 8 nitrogen and oxygen atoms in total. The van der Waals surface area contributed by atoms with E-state index in [9.17, 15) is 19.5 Å². The molecule has 3 rings (SSSR count). The van der Waals surface area contributed by atoms with Crippen molar-refractivity contribution in [2.24, 2.45) is 0 Å². The van der Waals surface area contributed by atoms with Crippen LogP contribution in [0.1, 0.15) is 22.8 Å². The Labute approximate surface area is 188 Å². The maximum atomic E-state index is 13.0. The first-order valence-corrected chi connectivity index (χ1v) is 10.7. The molecule has 2 unspecified atom stereocenters. The molecule has 1 fully saturated rings. The van der Waals surface area contributed by atoms with Gasteiger partial charge in [-0.1, -0.05) is 24.3 Å². The molecule has 2 aromatic rings. The number of hydrogen-bond acceptors (Lipinski definition) is 6. The lowest BCUT2D eigenvalue weighted by Crippen LogP contribution is -2.47. The summed E-state index contributed by atoms with van der Waals surface area (Å²) < 4.78 is 0. The minimum absolute atomic E-state index is 0.0630. The van der Waals surface area contributed by atoms with Crippen LogP contribution < -0.4 is 10.6 Å². The van der Waals surface area contributed by atoms with Crippen LogP contribution in [0.4, 0.5) is 5.69 Å². The summed E-state index contributed by atoms with van der Waals surface area (Å²) in [6.07, 6.45) is 1.02. The second-order valence-electron chi connectivity index (χ2n) is 8.13. The number of amides is 2. The highest BCUT2D eigenvalue weighted by atomic mass is 16.3. The Morgan fingerprint density at radius 1 is 1.06 bits per heavy atom. The van der Waals surface area contributed by atoms with Crippen molar-refractivity contribution in [1.82, 2.24) is 15.1 Å². The third kappa shape index (κ3) is 6.07. The van der Waals surface area contributed by atoms with Crippen LogP contribution in [0.25, 0.3) is 0 Å². The molecule has 0 spiro atoms. The predicted octanol–water partition coefficient (Wildman–Crippen LogP) is 1.51. The zero-order valence-electron chi connectivity index (χ0n) is 18.5. The maximum Gasteiger partial charge on any atom is 0.256 e. The standard InChI is InChI=1S/C24H30N4O4/c1-17(23(31)26-19(16-29)15-18-7-9-20(30)10-8-18)25-22-6-4-3-5-21(22)24(32)28-13-11-27(2)12-14-28/h3-10,16-17,19,25,30H,11-15H2,1-2H3,(H,26,31). The van der Waals surface area contributed by atoms with Gasteiger partial charge in [0.25, 0.3) is 5.91 Å². The normalized spacial score (nSPS) is 16.1. The predicted molar refractivity (Wildman–Crippen MR) is 123 cm³/mol. The van der Waals surface area contributed by atoms with Gasteiger partial charge in [-0.2, -0.15) is 0 Å². The van der Waals surface area contributed by atoms with Crippen molar-refractivity contribution in [3.8, 4) is 5.75 Å². The van der Waals surface area contributed by atoms with Gasteiger partial charge >= 0.3 is 0 Å². The molecule has 1 heterocycles. The van der Waals surface area contributed by atoms with E-state index >= 15 is 0 Å². The monoisotopic (exact) mass is 438 g/mol. The van der Waals surface area contributed by atoms with Crippen molar-refractivity contribution >= 4 is 23.8 Å². The van der Waals surface area contributed by atoms with Crippen molar-refractivity contribution in [3.63, 3.8) is 0 Å². The summed E-state index contributed by atoms with van der Waals surface area (Å²) >= 11 is 0. The number of carbonyl (C=O) groups is 3. The van der Waals surface area contributed by atoms with Gasteiger partial charge in [0.2, 0.25) is 5.91 Å². The fourth-order valence-corrected chi connectivity index (χ4v) is 3.60. The highest BCUT2D eigenvalue weighted by molar-refractivity contribution is 6.00. The Morgan fingerprint density at radius 2 is 1.72 bits per heavy atom. The van der Waals surface area contributed by atoms with Gasteiger partial charge < -0.3 is 30.3 Å². The van der Waals surface area contributed by atoms with Gasteiger partial charge in [-0.25, -0.2) is 0 Å². The van der Waals surface area contributed by atoms with Gasteiger partial charge in [0.1, 0.15) is 18.1 Å². The quantitative estimate of drug-likeness (QED) is 0.540. The van der Waals surface area contributed by atoms with E-state index in [-0.39, 0.29) is 17.6 Å². The minimum Gasteiger partial charge on any atom is -0.508 e. The molecule has 170 valence electrons. The van der Waals surface area contributed by atoms with Crippen LogP contribution in [0.15, 0.2) is 48.5 Å². The lowest BCUT2D eigenvalue weighted by atomic mass is 10.1. The Morgan fingerprint density at radius 3 is 2.38 bits per heavy atom. The number of phenolic OH excluding ortho intramolecular Hbond substituents is 1. The van der Waals surface area contributed by atoms with E-state index in [0.29, 0.717) is 37.0 Å². The second kappa shape index (κ2) is 10.8. The van der Waals surface area contributed by atoms with Crippen LogP contribution in [-0.4, -0.2) is 78.3 Å². The van der Waals surface area contributed by atoms with E-state index in [1.54, 1.807) is 37.3 Å². The molecule has 1 aliphatic rings. The Kier molecular flexibility index (Phi) is 7.83. The maximum absolute atomic E-state index is 13.0. The summed E-state index contributed by atoms with van der Waals surface area (Å²) in [7, 11) is 2.03. The SMILES string of the molecule is CC(Nc1ccccc1C(=O)N1CCN(C)CC1)C(=O)NC(C=O)Cc1ccc(O)cc1. The number of piperazine rings is 1. The third-order valence-electron chi connectivity index (χ3n) is 5.60. The van der Waals surface area contributed by atoms with E-state index in [4.69, 9.17) is 0 Å². The molecule has 1 aliphatic heterocycles. The number of aldehydes is 1. The molecule has 0 aromatic heterocycles. The van der Waals surface area contributed by atoms with Crippen LogP contribution in [0, 0.1) is 0 Å². The zero-order chi connectivity index (χ0) is 23.1. The van der Waals surface area contributed by atoms with Gasteiger partial charge in [0.15, 0.2) is 0 Å². The molecule has 8 heteroatoms. The van der Waals surface area contributed by atoms with E-state index < -0.39 is 12.1 Å². The number of aromatic hydroxyl groups is 1. The average Bonchev–Trinajstić information content (AvgIpc) is 2.80. The van der Waals surface area contributed by atoms with Crippen LogP contribution in [0.2, 0.25) is 0 Å². The largest absolute Gasteiger partial charge is 0.508 e. The van der Waals surface area contributed by atoms with E-state index in [0.717, 1.165) is 18.7 Å². The molecule has 32 heavy (non-hydrogen) atoms. The molecule has 0 bridgehead atoms. The Balaban J connectivity index is 1.62. The summed E-state index contributed by atoms with van der Waals surface area (Å²) in [5.41, 5.74) is 1.93. The number of nitrogens with one attached hydrogen (secondary N) is 2. The van der Waals surface area contributed by atoms with Crippen molar-refractivity contribution in [2.45, 2.75) is 25.4 Å². The van der Waals surface area contributed by atoms with Crippen LogP contribution in [0.5, 0.6) is 5.75 Å². The summed E-state index contributed by atoms with van der Waals surface area (Å²) in [6, 6.07) is 12.3. The second-order valence-corrected chi connectivity index (χ2v) is 8.13. The van der Waals surface area contributed by atoms with Crippen LogP contribution in [0.3, 0.4) is 0 Å². The van der Waals surface area contributed by atoms with Gasteiger partial charge in [-0.3, -0.25) is 9.59 Å². The number of phenols is 1. The molecule has 1 saturated heterocycles. The number of anilines is 1. The van der Waals surface area contributed by atoms with Crippen LogP contribution >= 0.6 is 0 Å². The minimum atomic E-state index is -0.696. The molecule has 3 N–H and O–H groups in total. The van der Waals surface area contributed by atoms with Gasteiger partial charge in [0.05, 0.1) is 11.6 Å². The van der Waals surface area contributed by atoms with Crippen LogP contribution in [-0.2, 0) is 16.0 Å². The molecule has 2 aromatic carbocycles. The molecule has 2 atom stereocenters. The smallest absolute Gasteiger partial charge is 0.256 e. The number of para-hydroxylation sites is 1. The van der Waals surface area contributed by atoms with Crippen molar-refractivity contribution in [2.75, 3.05) is 38.5 Å². The fraction of sp³-hybridized carbons (Fsp3) is 0.375. The Bertz CT molecular complexity index is 939. The lowest BCUT2D eigenvalue weighted by molar-refractivity contribution is -0.124.